The molecule has 2 rings (SSSR count). The van der Waals surface area contributed by atoms with Crippen LogP contribution in [0.5, 0.6) is 0 Å². The van der Waals surface area contributed by atoms with Gasteiger partial charge in [-0.2, -0.15) is 0 Å². The van der Waals surface area contributed by atoms with Gasteiger partial charge in [0.25, 0.3) is 0 Å². The summed E-state index contributed by atoms with van der Waals surface area (Å²) >= 11 is 0. The zero-order chi connectivity index (χ0) is 14.9. The van der Waals surface area contributed by atoms with Crippen LogP contribution in [-0.4, -0.2) is 38.1 Å². The maximum Gasteiger partial charge on any atom is 0.146 e. The zero-order valence-corrected chi connectivity index (χ0v) is 13.0. The van der Waals surface area contributed by atoms with E-state index in [0.717, 1.165) is 12.1 Å². The van der Waals surface area contributed by atoms with Crippen molar-refractivity contribution in [2.24, 2.45) is 5.73 Å². The molecule has 0 saturated heterocycles. The van der Waals surface area contributed by atoms with Gasteiger partial charge in [0.15, 0.2) is 0 Å². The van der Waals surface area contributed by atoms with Crippen molar-refractivity contribution in [2.75, 3.05) is 32.6 Å². The molecule has 1 aromatic carbocycles. The molecule has 0 aliphatic heterocycles. The van der Waals surface area contributed by atoms with Crippen molar-refractivity contribution in [3.63, 3.8) is 0 Å². The summed E-state index contributed by atoms with van der Waals surface area (Å²) in [6.45, 7) is 2.72. The van der Waals surface area contributed by atoms with E-state index in [2.05, 4.69) is 19.0 Å². The first kappa shape index (κ1) is 15.3. The molecule has 1 fully saturated rings. The first-order valence-electron chi connectivity index (χ1n) is 7.29. The molecule has 0 amide bonds. The average molecular weight is 279 g/mol. The first-order chi connectivity index (χ1) is 9.35. The number of hydrogen-bond acceptors (Lipinski definition) is 3. The number of rotatable bonds is 5. The van der Waals surface area contributed by atoms with Gasteiger partial charge >= 0.3 is 0 Å². The standard InChI is InChI=1S/C16H26FN3/c1-12(18)13-6-7-15(14(17)10-13)20(4)11-16(19(2)3)8-5-9-16/h6-7,10,12H,5,8-9,11,18H2,1-4H3/t12-/m0/s1. The highest BCUT2D eigenvalue weighted by Gasteiger charge is 2.40. The Morgan fingerprint density at radius 2 is 1.95 bits per heavy atom. The maximum atomic E-state index is 14.2. The second-order valence-electron chi connectivity index (χ2n) is 6.33. The Kier molecular flexibility index (Phi) is 4.35. The third kappa shape index (κ3) is 2.81. The summed E-state index contributed by atoms with van der Waals surface area (Å²) in [5.41, 5.74) is 7.48. The molecule has 0 radical (unpaired) electrons. The SMILES string of the molecule is C[C@H](N)c1ccc(N(C)CC2(N(C)C)CCC2)c(F)c1. The minimum atomic E-state index is -0.185. The van der Waals surface area contributed by atoms with E-state index >= 15 is 0 Å². The second kappa shape index (κ2) is 5.70. The molecule has 1 atom stereocenters. The van der Waals surface area contributed by atoms with Gasteiger partial charge in [0, 0.05) is 25.2 Å². The molecule has 0 aromatic heterocycles. The van der Waals surface area contributed by atoms with Crippen LogP contribution in [0.25, 0.3) is 0 Å². The largest absolute Gasteiger partial charge is 0.370 e. The molecule has 4 heteroatoms. The van der Waals surface area contributed by atoms with E-state index in [4.69, 9.17) is 5.73 Å². The van der Waals surface area contributed by atoms with Crippen LogP contribution in [0.15, 0.2) is 18.2 Å². The van der Waals surface area contributed by atoms with Gasteiger partial charge in [0.1, 0.15) is 5.82 Å². The van der Waals surface area contributed by atoms with Gasteiger partial charge in [-0.1, -0.05) is 6.07 Å². The molecule has 0 spiro atoms. The third-order valence-corrected chi connectivity index (χ3v) is 4.67. The van der Waals surface area contributed by atoms with E-state index in [-0.39, 0.29) is 17.4 Å². The second-order valence-corrected chi connectivity index (χ2v) is 6.33. The van der Waals surface area contributed by atoms with Crippen LogP contribution in [0, 0.1) is 5.82 Å². The molecule has 0 unspecified atom stereocenters. The van der Waals surface area contributed by atoms with Gasteiger partial charge in [-0.05, 0) is 58.0 Å². The van der Waals surface area contributed by atoms with Crippen LogP contribution < -0.4 is 10.6 Å². The average Bonchev–Trinajstić information content (AvgIpc) is 2.32. The maximum absolute atomic E-state index is 14.2. The van der Waals surface area contributed by atoms with Gasteiger partial charge in [-0.25, -0.2) is 4.39 Å². The lowest BCUT2D eigenvalue weighted by molar-refractivity contribution is 0.0682. The van der Waals surface area contributed by atoms with Gasteiger partial charge in [0.2, 0.25) is 0 Å². The molecule has 0 heterocycles. The first-order valence-corrected chi connectivity index (χ1v) is 7.29. The van der Waals surface area contributed by atoms with Crippen LogP contribution in [0.4, 0.5) is 10.1 Å². The number of halogens is 1. The van der Waals surface area contributed by atoms with E-state index in [1.807, 2.05) is 31.0 Å². The molecule has 1 aromatic rings. The lowest BCUT2D eigenvalue weighted by atomic mass is 9.75. The molecule has 0 bridgehead atoms. The Hall–Kier alpha value is -1.13. The summed E-state index contributed by atoms with van der Waals surface area (Å²) in [5.74, 6) is -0.185. The Balaban J connectivity index is 2.15. The highest BCUT2D eigenvalue weighted by Crippen LogP contribution is 2.37. The predicted molar refractivity (Wildman–Crippen MR) is 82.5 cm³/mol. The monoisotopic (exact) mass is 279 g/mol. The molecule has 20 heavy (non-hydrogen) atoms. The van der Waals surface area contributed by atoms with Crippen LogP contribution in [0.2, 0.25) is 0 Å². The molecular formula is C16H26FN3. The van der Waals surface area contributed by atoms with Crippen molar-refractivity contribution in [3.05, 3.63) is 29.6 Å². The molecule has 1 aliphatic carbocycles. The lowest BCUT2D eigenvalue weighted by Crippen LogP contribution is -2.56. The fourth-order valence-electron chi connectivity index (χ4n) is 2.97. The van der Waals surface area contributed by atoms with Gasteiger partial charge in [-0.3, -0.25) is 0 Å². The van der Waals surface area contributed by atoms with Crippen LogP contribution in [-0.2, 0) is 0 Å². The Morgan fingerprint density at radius 1 is 1.30 bits per heavy atom. The summed E-state index contributed by atoms with van der Waals surface area (Å²) in [4.78, 5) is 4.31. The topological polar surface area (TPSA) is 32.5 Å². The van der Waals surface area contributed by atoms with Gasteiger partial charge in [0.05, 0.1) is 5.69 Å². The highest BCUT2D eigenvalue weighted by atomic mass is 19.1. The summed E-state index contributed by atoms with van der Waals surface area (Å²) < 4.78 is 14.2. The number of benzene rings is 1. The number of nitrogens with two attached hydrogens (primary N) is 1. The number of nitrogens with zero attached hydrogens (tertiary/aromatic N) is 2. The molecular weight excluding hydrogens is 253 g/mol. The number of hydrogen-bond donors (Lipinski definition) is 1. The fraction of sp³-hybridized carbons (Fsp3) is 0.625. The molecule has 112 valence electrons. The number of anilines is 1. The molecule has 2 N–H and O–H groups in total. The summed E-state index contributed by atoms with van der Waals surface area (Å²) in [5, 5.41) is 0. The van der Waals surface area contributed by atoms with Crippen molar-refractivity contribution >= 4 is 5.69 Å². The van der Waals surface area contributed by atoms with E-state index in [1.165, 1.54) is 19.3 Å². The number of likely N-dealkylation sites (N-methyl/N-ethyl adjacent to an activating group) is 2. The van der Waals surface area contributed by atoms with Crippen molar-refractivity contribution < 1.29 is 4.39 Å². The quantitative estimate of drug-likeness (QED) is 0.899. The van der Waals surface area contributed by atoms with Crippen molar-refractivity contribution in [3.8, 4) is 0 Å². The Labute approximate surface area is 121 Å². The van der Waals surface area contributed by atoms with E-state index in [0.29, 0.717) is 5.69 Å². The Morgan fingerprint density at radius 3 is 2.35 bits per heavy atom. The van der Waals surface area contributed by atoms with Crippen molar-refractivity contribution in [1.29, 1.82) is 0 Å². The van der Waals surface area contributed by atoms with Crippen molar-refractivity contribution in [1.82, 2.24) is 4.90 Å². The highest BCUT2D eigenvalue weighted by molar-refractivity contribution is 5.49. The summed E-state index contributed by atoms with van der Waals surface area (Å²) in [6, 6.07) is 5.18. The molecule has 1 aliphatic rings. The summed E-state index contributed by atoms with van der Waals surface area (Å²) in [7, 11) is 6.19. The smallest absolute Gasteiger partial charge is 0.146 e. The van der Waals surface area contributed by atoms with E-state index < -0.39 is 0 Å². The normalized spacial score (nSPS) is 18.8. The predicted octanol–water partition coefficient (Wildman–Crippen LogP) is 2.77. The minimum absolute atomic E-state index is 0.136. The van der Waals surface area contributed by atoms with Crippen LogP contribution in [0.1, 0.15) is 37.8 Å². The van der Waals surface area contributed by atoms with Crippen molar-refractivity contribution in [2.45, 2.75) is 37.8 Å². The van der Waals surface area contributed by atoms with Gasteiger partial charge in [-0.15, -0.1) is 0 Å². The third-order valence-electron chi connectivity index (χ3n) is 4.67. The van der Waals surface area contributed by atoms with E-state index in [9.17, 15) is 4.39 Å². The van der Waals surface area contributed by atoms with E-state index in [1.54, 1.807) is 6.07 Å². The molecule has 3 nitrogen and oxygen atoms in total. The minimum Gasteiger partial charge on any atom is -0.370 e. The van der Waals surface area contributed by atoms with Crippen LogP contribution in [0.3, 0.4) is 0 Å². The lowest BCUT2D eigenvalue weighted by Gasteiger charge is -2.49. The Bertz CT molecular complexity index is 467. The zero-order valence-electron chi connectivity index (χ0n) is 13.0. The van der Waals surface area contributed by atoms with Gasteiger partial charge < -0.3 is 15.5 Å². The fourth-order valence-corrected chi connectivity index (χ4v) is 2.97. The van der Waals surface area contributed by atoms with Crippen LogP contribution >= 0.6 is 0 Å². The molecule has 1 saturated carbocycles. The summed E-state index contributed by atoms with van der Waals surface area (Å²) in [6.07, 6.45) is 3.63.